The lowest BCUT2D eigenvalue weighted by Crippen LogP contribution is -2.42. The molecule has 0 saturated heterocycles. The van der Waals surface area contributed by atoms with Crippen molar-refractivity contribution in [2.45, 2.75) is 13.3 Å². The lowest BCUT2D eigenvalue weighted by Gasteiger charge is -2.07. The lowest BCUT2D eigenvalue weighted by molar-refractivity contribution is -0.125. The molecule has 0 aromatic carbocycles. The number of amides is 3. The van der Waals surface area contributed by atoms with Crippen molar-refractivity contribution in [1.82, 2.24) is 20.9 Å². The molecule has 3 aromatic heterocycles. The monoisotopic (exact) mass is 432 g/mol. The molecule has 0 fully saturated rings. The maximum Gasteiger partial charge on any atom is 0.287 e. The van der Waals surface area contributed by atoms with E-state index in [1.165, 1.54) is 12.3 Å². The van der Waals surface area contributed by atoms with Crippen LogP contribution in [0.2, 0.25) is 0 Å². The van der Waals surface area contributed by atoms with Crippen molar-refractivity contribution in [1.29, 1.82) is 0 Å². The number of nitrogens with zero attached hydrogens (tertiary/aromatic N) is 1. The number of thiazole rings is 1. The highest BCUT2D eigenvalue weighted by Crippen LogP contribution is 2.29. The SMILES string of the molecule is Cc1nc(-c2ccc(CCNC(=O)CNC(=O)CNC(=O)c3ccco3)s2)cs1. The van der Waals surface area contributed by atoms with Gasteiger partial charge in [-0.1, -0.05) is 0 Å². The normalized spacial score (nSPS) is 10.5. The molecular formula is C19H20N4O4S2. The first-order chi connectivity index (χ1) is 14.0. The minimum atomic E-state index is -0.488. The summed E-state index contributed by atoms with van der Waals surface area (Å²) in [6, 6.07) is 7.14. The van der Waals surface area contributed by atoms with E-state index in [9.17, 15) is 14.4 Å². The van der Waals surface area contributed by atoms with Crippen LogP contribution >= 0.6 is 22.7 Å². The van der Waals surface area contributed by atoms with Gasteiger partial charge in [0.05, 0.1) is 34.9 Å². The van der Waals surface area contributed by atoms with E-state index in [1.807, 2.05) is 24.4 Å². The zero-order valence-electron chi connectivity index (χ0n) is 15.7. The molecule has 3 amide bonds. The average molecular weight is 433 g/mol. The topological polar surface area (TPSA) is 113 Å². The highest BCUT2D eigenvalue weighted by molar-refractivity contribution is 7.16. The van der Waals surface area contributed by atoms with Crippen LogP contribution in [0.15, 0.2) is 40.3 Å². The van der Waals surface area contributed by atoms with Gasteiger partial charge in [0.2, 0.25) is 11.8 Å². The number of carbonyl (C=O) groups excluding carboxylic acids is 3. The standard InChI is InChI=1S/C19H20N4O4S2/c1-12-23-14(11-28-12)16-5-4-13(29-16)6-7-20-17(24)9-21-18(25)10-22-19(26)15-3-2-8-27-15/h2-5,8,11H,6-7,9-10H2,1H3,(H,20,24)(H,21,25)(H,22,26). The Balaban J connectivity index is 1.31. The molecule has 3 N–H and O–H groups in total. The fourth-order valence-electron chi connectivity index (χ4n) is 2.41. The van der Waals surface area contributed by atoms with Crippen LogP contribution in [0.1, 0.15) is 20.4 Å². The van der Waals surface area contributed by atoms with Gasteiger partial charge in [-0.25, -0.2) is 4.98 Å². The van der Waals surface area contributed by atoms with Gasteiger partial charge in [0, 0.05) is 16.8 Å². The van der Waals surface area contributed by atoms with E-state index in [-0.39, 0.29) is 24.8 Å². The first-order valence-corrected chi connectivity index (χ1v) is 10.6. The molecule has 8 nitrogen and oxygen atoms in total. The predicted octanol–water partition coefficient (Wildman–Crippen LogP) is 1.98. The van der Waals surface area contributed by atoms with E-state index in [0.717, 1.165) is 20.5 Å². The summed E-state index contributed by atoms with van der Waals surface area (Å²) in [6.07, 6.45) is 2.07. The van der Waals surface area contributed by atoms with Gasteiger partial charge in [0.15, 0.2) is 5.76 Å². The number of carbonyl (C=O) groups is 3. The molecule has 0 aliphatic carbocycles. The van der Waals surface area contributed by atoms with Crippen molar-refractivity contribution in [3.8, 4) is 10.6 Å². The first kappa shape index (κ1) is 20.7. The lowest BCUT2D eigenvalue weighted by atomic mass is 10.3. The zero-order chi connectivity index (χ0) is 20.6. The molecule has 3 rings (SSSR count). The summed E-state index contributed by atoms with van der Waals surface area (Å²) in [5.41, 5.74) is 0.981. The highest BCUT2D eigenvalue weighted by Gasteiger charge is 2.11. The third kappa shape index (κ3) is 6.26. The van der Waals surface area contributed by atoms with Gasteiger partial charge in [-0.2, -0.15) is 0 Å². The van der Waals surface area contributed by atoms with E-state index >= 15 is 0 Å². The Hall–Kier alpha value is -2.98. The third-order valence-corrected chi connectivity index (χ3v) is 5.77. The summed E-state index contributed by atoms with van der Waals surface area (Å²) in [7, 11) is 0. The number of aryl methyl sites for hydroxylation is 1. The smallest absolute Gasteiger partial charge is 0.287 e. The second-order valence-corrected chi connectivity index (χ2v) is 8.28. The molecule has 3 aromatic rings. The van der Waals surface area contributed by atoms with Crippen LogP contribution in [0, 0.1) is 6.92 Å². The number of furan rings is 1. The number of thiophene rings is 1. The molecular weight excluding hydrogens is 412 g/mol. The molecule has 10 heteroatoms. The van der Waals surface area contributed by atoms with Crippen molar-refractivity contribution in [2.75, 3.05) is 19.6 Å². The molecule has 0 radical (unpaired) electrons. The Morgan fingerprint density at radius 1 is 1.07 bits per heavy atom. The van der Waals surface area contributed by atoms with Crippen LogP contribution in [0.5, 0.6) is 0 Å². The van der Waals surface area contributed by atoms with E-state index in [0.29, 0.717) is 13.0 Å². The summed E-state index contributed by atoms with van der Waals surface area (Å²) in [5, 5.41) is 10.7. The van der Waals surface area contributed by atoms with Crippen molar-refractivity contribution < 1.29 is 18.8 Å². The fraction of sp³-hybridized carbons (Fsp3) is 0.263. The molecule has 0 saturated carbocycles. The maximum atomic E-state index is 11.9. The van der Waals surface area contributed by atoms with Gasteiger partial charge in [0.1, 0.15) is 0 Å². The largest absolute Gasteiger partial charge is 0.459 e. The molecule has 152 valence electrons. The highest BCUT2D eigenvalue weighted by atomic mass is 32.1. The van der Waals surface area contributed by atoms with Gasteiger partial charge < -0.3 is 20.4 Å². The van der Waals surface area contributed by atoms with Crippen molar-refractivity contribution in [3.05, 3.63) is 51.6 Å². The Labute approximate surface area is 175 Å². The van der Waals surface area contributed by atoms with Crippen LogP contribution in [-0.4, -0.2) is 42.3 Å². The zero-order valence-corrected chi connectivity index (χ0v) is 17.3. The van der Waals surface area contributed by atoms with Crippen molar-refractivity contribution in [2.24, 2.45) is 0 Å². The molecule has 29 heavy (non-hydrogen) atoms. The minimum Gasteiger partial charge on any atom is -0.459 e. The summed E-state index contributed by atoms with van der Waals surface area (Å²) in [6.45, 7) is 2.06. The van der Waals surface area contributed by atoms with Crippen molar-refractivity contribution >= 4 is 40.4 Å². The Morgan fingerprint density at radius 3 is 2.59 bits per heavy atom. The number of aromatic nitrogens is 1. The van der Waals surface area contributed by atoms with Crippen LogP contribution < -0.4 is 16.0 Å². The molecule has 0 atom stereocenters. The first-order valence-electron chi connectivity index (χ1n) is 8.87. The summed E-state index contributed by atoms with van der Waals surface area (Å²) in [4.78, 5) is 42.0. The Bertz CT molecular complexity index is 978. The number of hydrogen-bond donors (Lipinski definition) is 3. The van der Waals surface area contributed by atoms with Gasteiger partial charge >= 0.3 is 0 Å². The van der Waals surface area contributed by atoms with Crippen LogP contribution in [-0.2, 0) is 16.0 Å². The summed E-state index contributed by atoms with van der Waals surface area (Å²) >= 11 is 3.27. The molecule has 0 spiro atoms. The molecule has 0 aliphatic heterocycles. The van der Waals surface area contributed by atoms with E-state index in [1.54, 1.807) is 28.7 Å². The molecule has 0 aliphatic rings. The van der Waals surface area contributed by atoms with E-state index in [4.69, 9.17) is 4.42 Å². The number of hydrogen-bond acceptors (Lipinski definition) is 7. The second-order valence-electron chi connectivity index (χ2n) is 6.05. The quantitative estimate of drug-likeness (QED) is 0.478. The number of rotatable bonds is 9. The minimum absolute atomic E-state index is 0.122. The maximum absolute atomic E-state index is 11.9. The Morgan fingerprint density at radius 2 is 1.86 bits per heavy atom. The molecule has 0 bridgehead atoms. The van der Waals surface area contributed by atoms with Gasteiger partial charge in [0.25, 0.3) is 5.91 Å². The van der Waals surface area contributed by atoms with Crippen molar-refractivity contribution in [3.63, 3.8) is 0 Å². The average Bonchev–Trinajstić information content (AvgIpc) is 3.46. The summed E-state index contributed by atoms with van der Waals surface area (Å²) in [5.74, 6) is -1.11. The van der Waals surface area contributed by atoms with E-state index < -0.39 is 11.8 Å². The second kappa shape index (κ2) is 9.99. The fourth-order valence-corrected chi connectivity index (χ4v) is 4.07. The van der Waals surface area contributed by atoms with Gasteiger partial charge in [-0.05, 0) is 37.6 Å². The van der Waals surface area contributed by atoms with Crippen LogP contribution in [0.3, 0.4) is 0 Å². The van der Waals surface area contributed by atoms with Gasteiger partial charge in [-0.15, -0.1) is 22.7 Å². The Kier molecular flexibility index (Phi) is 7.14. The molecule has 3 heterocycles. The van der Waals surface area contributed by atoms with Crippen LogP contribution in [0.4, 0.5) is 0 Å². The van der Waals surface area contributed by atoms with Crippen LogP contribution in [0.25, 0.3) is 10.6 Å². The van der Waals surface area contributed by atoms with E-state index in [2.05, 4.69) is 20.9 Å². The third-order valence-electron chi connectivity index (χ3n) is 3.83. The van der Waals surface area contributed by atoms with Gasteiger partial charge in [-0.3, -0.25) is 14.4 Å². The predicted molar refractivity (Wildman–Crippen MR) is 111 cm³/mol. The molecule has 0 unspecified atom stereocenters. The number of nitrogens with one attached hydrogen (secondary N) is 3. The summed E-state index contributed by atoms with van der Waals surface area (Å²) < 4.78 is 4.92.